The highest BCUT2D eigenvalue weighted by Gasteiger charge is 2.38. The number of likely N-dealkylation sites (N-methyl/N-ethyl adjacent to an activating group) is 1. The number of hydrogen-bond donors (Lipinski definition) is 1. The lowest BCUT2D eigenvalue weighted by atomic mass is 10.0. The Morgan fingerprint density at radius 3 is 2.42 bits per heavy atom. The third-order valence-electron chi connectivity index (χ3n) is 4.27. The minimum atomic E-state index is -3.82. The van der Waals surface area contributed by atoms with E-state index in [4.69, 9.17) is 16.7 Å². The van der Waals surface area contributed by atoms with E-state index in [-0.39, 0.29) is 11.4 Å². The normalized spacial score (nSPS) is 21.2. The van der Waals surface area contributed by atoms with Gasteiger partial charge in [0, 0.05) is 24.7 Å². The van der Waals surface area contributed by atoms with Gasteiger partial charge >= 0.3 is 5.97 Å². The van der Waals surface area contributed by atoms with Crippen molar-refractivity contribution in [3.63, 3.8) is 0 Å². The molecule has 1 N–H and O–H groups in total. The van der Waals surface area contributed by atoms with Crippen molar-refractivity contribution in [3.05, 3.63) is 29.3 Å². The molecule has 0 bridgehead atoms. The van der Waals surface area contributed by atoms with Crippen LogP contribution in [0.5, 0.6) is 0 Å². The van der Waals surface area contributed by atoms with E-state index in [2.05, 4.69) is 0 Å². The van der Waals surface area contributed by atoms with E-state index >= 15 is 0 Å². The summed E-state index contributed by atoms with van der Waals surface area (Å²) in [7, 11) is -2.50. The van der Waals surface area contributed by atoms with Crippen molar-refractivity contribution in [1.29, 1.82) is 0 Å². The third kappa shape index (κ3) is 3.71. The quantitative estimate of drug-likeness (QED) is 0.837. The van der Waals surface area contributed by atoms with Gasteiger partial charge < -0.3 is 10.0 Å². The Bertz CT molecular complexity index is 735. The molecule has 1 fully saturated rings. The van der Waals surface area contributed by atoms with Crippen LogP contribution in [-0.4, -0.2) is 60.8 Å². The highest BCUT2D eigenvalue weighted by atomic mass is 35.5. The first-order valence-corrected chi connectivity index (χ1v) is 9.20. The van der Waals surface area contributed by atoms with Crippen LogP contribution in [0.15, 0.2) is 29.2 Å². The molecule has 1 amide bonds. The van der Waals surface area contributed by atoms with Crippen LogP contribution < -0.4 is 0 Å². The smallest absolute Gasteiger partial charge is 0.308 e. The average Bonchev–Trinajstić information content (AvgIpc) is 2.89. The summed E-state index contributed by atoms with van der Waals surface area (Å²) in [5.74, 6) is -1.97. The molecular formula is C15H19ClN2O5S. The number of carbonyl (C=O) groups excluding carboxylic acids is 1. The van der Waals surface area contributed by atoms with Gasteiger partial charge in [-0.2, -0.15) is 4.31 Å². The molecule has 0 spiro atoms. The summed E-state index contributed by atoms with van der Waals surface area (Å²) >= 11 is 5.75. The number of sulfonamides is 1. The Morgan fingerprint density at radius 1 is 1.33 bits per heavy atom. The number of likely N-dealkylation sites (tertiary alicyclic amines) is 1. The number of aliphatic carboxylic acids is 1. The molecule has 0 aromatic heterocycles. The first-order valence-electron chi connectivity index (χ1n) is 7.38. The summed E-state index contributed by atoms with van der Waals surface area (Å²) in [4.78, 5) is 25.0. The highest BCUT2D eigenvalue weighted by molar-refractivity contribution is 7.89. The summed E-state index contributed by atoms with van der Waals surface area (Å²) < 4.78 is 25.9. The van der Waals surface area contributed by atoms with Gasteiger partial charge in [0.2, 0.25) is 15.9 Å². The minimum absolute atomic E-state index is 0.0417. The summed E-state index contributed by atoms with van der Waals surface area (Å²) in [6.07, 6.45) is 0.371. The largest absolute Gasteiger partial charge is 0.481 e. The number of amides is 1. The lowest BCUT2D eigenvalue weighted by molar-refractivity contribution is -0.143. The Morgan fingerprint density at radius 2 is 1.92 bits per heavy atom. The molecule has 1 heterocycles. The molecule has 9 heteroatoms. The highest BCUT2D eigenvalue weighted by Crippen LogP contribution is 2.25. The van der Waals surface area contributed by atoms with Gasteiger partial charge in [-0.05, 0) is 37.6 Å². The monoisotopic (exact) mass is 374 g/mol. The minimum Gasteiger partial charge on any atom is -0.481 e. The van der Waals surface area contributed by atoms with Gasteiger partial charge in [-0.3, -0.25) is 9.59 Å². The van der Waals surface area contributed by atoms with Crippen LogP contribution in [0.2, 0.25) is 5.02 Å². The van der Waals surface area contributed by atoms with Crippen LogP contribution in [0, 0.1) is 5.92 Å². The standard InChI is InChI=1S/C15H19ClN2O5S/c1-10-13(15(20)21)7-8-18(10)14(19)9-17(2)24(22,23)12-5-3-11(16)4-6-12/h3-6,10,13H,7-9H2,1-2H3,(H,20,21). The Hall–Kier alpha value is -1.64. The number of carboxylic acids is 1. The first kappa shape index (κ1) is 18.7. The Kier molecular flexibility index (Phi) is 5.52. The lowest BCUT2D eigenvalue weighted by Gasteiger charge is -2.26. The summed E-state index contributed by atoms with van der Waals surface area (Å²) in [6, 6.07) is 5.21. The SMILES string of the molecule is CC1C(C(=O)O)CCN1C(=O)CN(C)S(=O)(=O)c1ccc(Cl)cc1. The van der Waals surface area contributed by atoms with Crippen molar-refractivity contribution in [2.24, 2.45) is 5.92 Å². The van der Waals surface area contributed by atoms with Crippen molar-refractivity contribution in [2.75, 3.05) is 20.1 Å². The number of carbonyl (C=O) groups is 2. The van der Waals surface area contributed by atoms with Crippen molar-refractivity contribution < 1.29 is 23.1 Å². The van der Waals surface area contributed by atoms with Crippen LogP contribution in [0.1, 0.15) is 13.3 Å². The van der Waals surface area contributed by atoms with Crippen molar-refractivity contribution in [2.45, 2.75) is 24.3 Å². The molecule has 7 nitrogen and oxygen atoms in total. The molecule has 1 saturated heterocycles. The van der Waals surface area contributed by atoms with Crippen LogP contribution in [0.25, 0.3) is 0 Å². The van der Waals surface area contributed by atoms with Gasteiger partial charge in [-0.1, -0.05) is 11.6 Å². The number of carboxylic acid groups (broad SMARTS) is 1. The Labute approximate surface area is 145 Å². The molecule has 1 aliphatic heterocycles. The molecule has 24 heavy (non-hydrogen) atoms. The van der Waals surface area contributed by atoms with Crippen molar-refractivity contribution in [1.82, 2.24) is 9.21 Å². The molecule has 0 radical (unpaired) electrons. The van der Waals surface area contributed by atoms with Gasteiger partial charge in [0.15, 0.2) is 0 Å². The summed E-state index contributed by atoms with van der Waals surface area (Å²) in [5.41, 5.74) is 0. The molecule has 1 aromatic rings. The van der Waals surface area contributed by atoms with E-state index in [0.29, 0.717) is 18.0 Å². The van der Waals surface area contributed by atoms with Crippen LogP contribution >= 0.6 is 11.6 Å². The zero-order valence-corrected chi connectivity index (χ0v) is 14.9. The predicted molar refractivity (Wildman–Crippen MR) is 88.2 cm³/mol. The second-order valence-corrected chi connectivity index (χ2v) is 8.26. The van der Waals surface area contributed by atoms with Gasteiger partial charge in [0.05, 0.1) is 17.4 Å². The maximum atomic E-state index is 12.5. The average molecular weight is 375 g/mol. The first-order chi connectivity index (χ1) is 11.1. The van der Waals surface area contributed by atoms with Gasteiger partial charge in [0.25, 0.3) is 0 Å². The fourth-order valence-corrected chi connectivity index (χ4v) is 4.02. The second-order valence-electron chi connectivity index (χ2n) is 5.78. The third-order valence-corrected chi connectivity index (χ3v) is 6.34. The molecular weight excluding hydrogens is 356 g/mol. The number of nitrogens with zero attached hydrogens (tertiary/aromatic N) is 2. The van der Waals surface area contributed by atoms with Gasteiger partial charge in [-0.15, -0.1) is 0 Å². The maximum absolute atomic E-state index is 12.5. The van der Waals surface area contributed by atoms with E-state index in [1.165, 1.54) is 36.2 Å². The Balaban J connectivity index is 2.09. The topological polar surface area (TPSA) is 95.0 Å². The molecule has 0 saturated carbocycles. The molecule has 2 atom stereocenters. The zero-order chi connectivity index (χ0) is 18.1. The maximum Gasteiger partial charge on any atom is 0.308 e. The van der Waals surface area contributed by atoms with E-state index in [0.717, 1.165) is 4.31 Å². The van der Waals surface area contributed by atoms with E-state index < -0.39 is 33.9 Å². The van der Waals surface area contributed by atoms with Gasteiger partial charge in [0.1, 0.15) is 0 Å². The number of benzene rings is 1. The van der Waals surface area contributed by atoms with E-state index in [9.17, 15) is 18.0 Å². The molecule has 1 aromatic carbocycles. The number of hydrogen-bond acceptors (Lipinski definition) is 4. The van der Waals surface area contributed by atoms with Gasteiger partial charge in [-0.25, -0.2) is 8.42 Å². The zero-order valence-electron chi connectivity index (χ0n) is 13.3. The van der Waals surface area contributed by atoms with Crippen LogP contribution in [0.4, 0.5) is 0 Å². The molecule has 2 unspecified atom stereocenters. The van der Waals surface area contributed by atoms with Crippen LogP contribution in [-0.2, 0) is 19.6 Å². The lowest BCUT2D eigenvalue weighted by Crippen LogP contribution is -2.44. The van der Waals surface area contributed by atoms with Crippen molar-refractivity contribution >= 4 is 33.5 Å². The van der Waals surface area contributed by atoms with E-state index in [1.54, 1.807) is 6.92 Å². The summed E-state index contributed by atoms with van der Waals surface area (Å²) in [5, 5.41) is 9.53. The van der Waals surface area contributed by atoms with Crippen LogP contribution in [0.3, 0.4) is 0 Å². The number of halogens is 1. The second kappa shape index (κ2) is 7.08. The molecule has 2 rings (SSSR count). The fraction of sp³-hybridized carbons (Fsp3) is 0.467. The van der Waals surface area contributed by atoms with E-state index in [1.807, 2.05) is 0 Å². The van der Waals surface area contributed by atoms with Crippen molar-refractivity contribution in [3.8, 4) is 0 Å². The fourth-order valence-electron chi connectivity index (χ4n) is 2.77. The number of rotatable bonds is 5. The molecule has 132 valence electrons. The summed E-state index contributed by atoms with van der Waals surface area (Å²) in [6.45, 7) is 1.63. The molecule has 1 aliphatic rings. The predicted octanol–water partition coefficient (Wildman–Crippen LogP) is 1.28. The molecule has 0 aliphatic carbocycles.